The number of nitrogens with zero attached hydrogens (tertiary/aromatic N) is 5. The van der Waals surface area contributed by atoms with E-state index in [1.165, 1.54) is 4.88 Å². The van der Waals surface area contributed by atoms with Gasteiger partial charge in [0.25, 0.3) is 0 Å². The zero-order valence-corrected chi connectivity index (χ0v) is 14.7. The van der Waals surface area contributed by atoms with E-state index in [9.17, 15) is 0 Å². The lowest BCUT2D eigenvalue weighted by Gasteiger charge is -2.06. The van der Waals surface area contributed by atoms with Crippen molar-refractivity contribution in [1.29, 1.82) is 0 Å². The van der Waals surface area contributed by atoms with Crippen molar-refractivity contribution in [3.8, 4) is 5.69 Å². The summed E-state index contributed by atoms with van der Waals surface area (Å²) in [6.07, 6.45) is 7.26. The van der Waals surface area contributed by atoms with Crippen LogP contribution in [-0.2, 0) is 12.8 Å². The molecule has 0 unspecified atom stereocenters. The largest absolute Gasteiger partial charge is 0.369 e. The molecule has 0 spiro atoms. The quantitative estimate of drug-likeness (QED) is 0.576. The SMILES string of the molecule is CCc1cnc(CCNc2ncnc3c2cnn3-c2ccccc2)s1. The van der Waals surface area contributed by atoms with E-state index in [0.29, 0.717) is 0 Å². The monoisotopic (exact) mass is 350 g/mol. The van der Waals surface area contributed by atoms with Gasteiger partial charge in [-0.1, -0.05) is 25.1 Å². The molecule has 3 aromatic heterocycles. The van der Waals surface area contributed by atoms with E-state index in [1.54, 1.807) is 17.7 Å². The minimum atomic E-state index is 0.777. The molecule has 0 atom stereocenters. The Balaban J connectivity index is 1.53. The summed E-state index contributed by atoms with van der Waals surface area (Å²) in [6.45, 7) is 2.93. The van der Waals surface area contributed by atoms with Gasteiger partial charge in [-0.05, 0) is 18.6 Å². The van der Waals surface area contributed by atoms with Gasteiger partial charge in [-0.2, -0.15) is 5.10 Å². The number of aromatic nitrogens is 5. The van der Waals surface area contributed by atoms with Gasteiger partial charge in [-0.15, -0.1) is 11.3 Å². The summed E-state index contributed by atoms with van der Waals surface area (Å²) in [5.41, 5.74) is 1.78. The standard InChI is InChI=1S/C18H18N6S/c1-2-14-10-20-16(25-14)8-9-19-17-15-11-23-24(18(15)22-12-21-17)13-6-4-3-5-7-13/h3-7,10-12H,2,8-9H2,1H3,(H,19,21,22). The Bertz CT molecular complexity index is 976. The summed E-state index contributed by atoms with van der Waals surface area (Å²) in [4.78, 5) is 14.5. The lowest BCUT2D eigenvalue weighted by Crippen LogP contribution is -2.07. The number of fused-ring (bicyclic) bond motifs is 1. The normalized spacial score (nSPS) is 11.1. The average Bonchev–Trinajstić information content (AvgIpc) is 3.29. The van der Waals surface area contributed by atoms with Gasteiger partial charge >= 0.3 is 0 Å². The van der Waals surface area contributed by atoms with Crippen LogP contribution >= 0.6 is 11.3 Å². The van der Waals surface area contributed by atoms with Crippen molar-refractivity contribution in [2.75, 3.05) is 11.9 Å². The van der Waals surface area contributed by atoms with Crippen LogP contribution in [0.4, 0.5) is 5.82 Å². The highest BCUT2D eigenvalue weighted by Gasteiger charge is 2.11. The highest BCUT2D eigenvalue weighted by atomic mass is 32.1. The molecule has 4 aromatic rings. The molecule has 6 nitrogen and oxygen atoms in total. The number of anilines is 1. The predicted octanol–water partition coefficient (Wildman–Crippen LogP) is 3.49. The first-order valence-corrected chi connectivity index (χ1v) is 9.08. The minimum Gasteiger partial charge on any atom is -0.369 e. The number of nitrogens with one attached hydrogen (secondary N) is 1. The van der Waals surface area contributed by atoms with E-state index in [-0.39, 0.29) is 0 Å². The van der Waals surface area contributed by atoms with Crippen LogP contribution < -0.4 is 5.32 Å². The van der Waals surface area contributed by atoms with Crippen molar-refractivity contribution < 1.29 is 0 Å². The molecule has 0 fully saturated rings. The summed E-state index contributed by atoms with van der Waals surface area (Å²) in [5.74, 6) is 0.805. The zero-order valence-electron chi connectivity index (χ0n) is 13.9. The van der Waals surface area contributed by atoms with Crippen molar-refractivity contribution >= 4 is 28.2 Å². The van der Waals surface area contributed by atoms with Crippen LogP contribution in [0.2, 0.25) is 0 Å². The predicted molar refractivity (Wildman–Crippen MR) is 100 cm³/mol. The average molecular weight is 350 g/mol. The third-order valence-electron chi connectivity index (χ3n) is 3.95. The Morgan fingerprint density at radius 2 is 1.96 bits per heavy atom. The van der Waals surface area contributed by atoms with E-state index in [0.717, 1.165) is 46.9 Å². The molecule has 0 aliphatic rings. The third kappa shape index (κ3) is 3.23. The number of hydrogen-bond acceptors (Lipinski definition) is 6. The fourth-order valence-electron chi connectivity index (χ4n) is 2.66. The Hall–Kier alpha value is -2.80. The first-order valence-electron chi connectivity index (χ1n) is 8.26. The molecule has 25 heavy (non-hydrogen) atoms. The Kier molecular flexibility index (Phi) is 4.39. The van der Waals surface area contributed by atoms with E-state index >= 15 is 0 Å². The molecule has 0 saturated heterocycles. The summed E-state index contributed by atoms with van der Waals surface area (Å²) in [5, 5.41) is 9.93. The Labute approximate surface area is 149 Å². The number of benzene rings is 1. The van der Waals surface area contributed by atoms with Crippen LogP contribution in [0.5, 0.6) is 0 Å². The zero-order chi connectivity index (χ0) is 17.1. The molecular weight excluding hydrogens is 332 g/mol. The lowest BCUT2D eigenvalue weighted by atomic mass is 10.3. The topological polar surface area (TPSA) is 68.5 Å². The number of thiazole rings is 1. The molecule has 0 bridgehead atoms. The van der Waals surface area contributed by atoms with Gasteiger partial charge in [-0.25, -0.2) is 19.6 Å². The van der Waals surface area contributed by atoms with Crippen molar-refractivity contribution in [3.05, 3.63) is 58.9 Å². The molecule has 0 aliphatic carbocycles. The van der Waals surface area contributed by atoms with Gasteiger partial charge in [0.15, 0.2) is 5.65 Å². The first-order chi connectivity index (χ1) is 12.3. The minimum absolute atomic E-state index is 0.777. The summed E-state index contributed by atoms with van der Waals surface area (Å²) >= 11 is 1.77. The van der Waals surface area contributed by atoms with E-state index in [1.807, 2.05) is 47.4 Å². The molecular formula is C18H18N6S. The van der Waals surface area contributed by atoms with Crippen molar-refractivity contribution in [2.45, 2.75) is 19.8 Å². The Morgan fingerprint density at radius 3 is 2.76 bits per heavy atom. The van der Waals surface area contributed by atoms with Crippen molar-refractivity contribution in [2.24, 2.45) is 0 Å². The van der Waals surface area contributed by atoms with Crippen molar-refractivity contribution in [1.82, 2.24) is 24.7 Å². The second-order valence-electron chi connectivity index (χ2n) is 5.60. The lowest BCUT2D eigenvalue weighted by molar-refractivity contribution is 0.895. The van der Waals surface area contributed by atoms with Gasteiger partial charge in [0.2, 0.25) is 0 Å². The number of hydrogen-bond donors (Lipinski definition) is 1. The van der Waals surface area contributed by atoms with E-state index < -0.39 is 0 Å². The summed E-state index contributed by atoms with van der Waals surface area (Å²) < 4.78 is 1.83. The Morgan fingerprint density at radius 1 is 1.08 bits per heavy atom. The third-order valence-corrected chi connectivity index (χ3v) is 5.15. The van der Waals surface area contributed by atoms with Crippen LogP contribution in [-0.4, -0.2) is 31.3 Å². The molecule has 126 valence electrons. The second-order valence-corrected chi connectivity index (χ2v) is 6.80. The van der Waals surface area contributed by atoms with Gasteiger partial charge in [-0.3, -0.25) is 0 Å². The maximum absolute atomic E-state index is 4.47. The van der Waals surface area contributed by atoms with Gasteiger partial charge in [0.1, 0.15) is 12.1 Å². The molecule has 1 aromatic carbocycles. The summed E-state index contributed by atoms with van der Waals surface area (Å²) in [6, 6.07) is 9.98. The number of rotatable bonds is 6. The highest BCUT2D eigenvalue weighted by Crippen LogP contribution is 2.21. The van der Waals surface area contributed by atoms with E-state index in [2.05, 4.69) is 32.3 Å². The fraction of sp³-hybridized carbons (Fsp3) is 0.222. The molecule has 4 rings (SSSR count). The highest BCUT2D eigenvalue weighted by molar-refractivity contribution is 7.11. The maximum Gasteiger partial charge on any atom is 0.168 e. The fourth-order valence-corrected chi connectivity index (χ4v) is 3.52. The van der Waals surface area contributed by atoms with E-state index in [4.69, 9.17) is 0 Å². The molecule has 0 amide bonds. The van der Waals surface area contributed by atoms with Crippen LogP contribution in [0, 0.1) is 0 Å². The number of aryl methyl sites for hydroxylation is 1. The van der Waals surface area contributed by atoms with Crippen LogP contribution in [0.15, 0.2) is 49.1 Å². The molecule has 7 heteroatoms. The van der Waals surface area contributed by atoms with Gasteiger partial charge < -0.3 is 5.32 Å². The maximum atomic E-state index is 4.47. The molecule has 3 heterocycles. The van der Waals surface area contributed by atoms with Gasteiger partial charge in [0.05, 0.1) is 22.3 Å². The molecule has 0 saturated carbocycles. The van der Waals surface area contributed by atoms with Crippen LogP contribution in [0.25, 0.3) is 16.7 Å². The molecule has 0 radical (unpaired) electrons. The van der Waals surface area contributed by atoms with Crippen LogP contribution in [0.3, 0.4) is 0 Å². The van der Waals surface area contributed by atoms with Crippen LogP contribution in [0.1, 0.15) is 16.8 Å². The number of para-hydroxylation sites is 1. The second kappa shape index (κ2) is 6.98. The summed E-state index contributed by atoms with van der Waals surface area (Å²) in [7, 11) is 0. The van der Waals surface area contributed by atoms with Gasteiger partial charge in [0, 0.05) is 24.0 Å². The molecule has 0 aliphatic heterocycles. The van der Waals surface area contributed by atoms with Crippen molar-refractivity contribution in [3.63, 3.8) is 0 Å². The first kappa shape index (κ1) is 15.7. The molecule has 1 N–H and O–H groups in total. The smallest absolute Gasteiger partial charge is 0.168 e.